The Balaban J connectivity index is 1.60. The van der Waals surface area contributed by atoms with Crippen LogP contribution in [-0.4, -0.2) is 57.3 Å². The van der Waals surface area contributed by atoms with E-state index >= 15 is 0 Å². The highest BCUT2D eigenvalue weighted by molar-refractivity contribution is 5.79. The zero-order valence-electron chi connectivity index (χ0n) is 19.2. The highest BCUT2D eigenvalue weighted by Gasteiger charge is 2.27. The van der Waals surface area contributed by atoms with Gasteiger partial charge in [0.05, 0.1) is 12.2 Å². The molecular formula is C23H37N7. The lowest BCUT2D eigenvalue weighted by Crippen LogP contribution is -2.54. The van der Waals surface area contributed by atoms with E-state index in [9.17, 15) is 0 Å². The summed E-state index contributed by atoms with van der Waals surface area (Å²) in [5, 5.41) is 11.4. The van der Waals surface area contributed by atoms with Crippen LogP contribution in [0.4, 0.5) is 0 Å². The van der Waals surface area contributed by atoms with Crippen LogP contribution in [0.25, 0.3) is 5.82 Å². The second-order valence-corrected chi connectivity index (χ2v) is 8.77. The Kier molecular flexibility index (Phi) is 7.48. The molecule has 2 aromatic heterocycles. The SMILES string of the molecule is CCNC(=NCc1ccc(-n2nc(C)cc2C)nc1)NCC(C)(C)N1CCCCC1. The second-order valence-electron chi connectivity index (χ2n) is 8.77. The molecule has 1 aliphatic heterocycles. The molecule has 3 rings (SSSR count). The van der Waals surface area contributed by atoms with Crippen molar-refractivity contribution < 1.29 is 0 Å². The molecule has 7 heteroatoms. The lowest BCUT2D eigenvalue weighted by atomic mass is 9.98. The standard InChI is InChI=1S/C23H37N7/c1-6-24-22(27-17-23(4,5)29-12-8-7-9-13-29)26-16-20-10-11-21(25-15-20)30-19(3)14-18(2)28-30/h10-11,14-15H,6-9,12-13,16-17H2,1-5H3,(H2,24,26,27). The van der Waals surface area contributed by atoms with Crippen LogP contribution < -0.4 is 10.6 Å². The molecule has 7 nitrogen and oxygen atoms in total. The summed E-state index contributed by atoms with van der Waals surface area (Å²) in [5.74, 6) is 1.69. The van der Waals surface area contributed by atoms with Gasteiger partial charge in [-0.05, 0) is 78.2 Å². The van der Waals surface area contributed by atoms with Gasteiger partial charge in [0, 0.05) is 30.5 Å². The average molecular weight is 412 g/mol. The lowest BCUT2D eigenvalue weighted by molar-refractivity contribution is 0.0982. The van der Waals surface area contributed by atoms with Gasteiger partial charge in [0.15, 0.2) is 11.8 Å². The Morgan fingerprint density at radius 2 is 1.90 bits per heavy atom. The summed E-state index contributed by atoms with van der Waals surface area (Å²) in [7, 11) is 0. The molecule has 164 valence electrons. The third kappa shape index (κ3) is 5.81. The van der Waals surface area contributed by atoms with Crippen LogP contribution in [0.2, 0.25) is 0 Å². The van der Waals surface area contributed by atoms with Crippen molar-refractivity contribution in [2.24, 2.45) is 4.99 Å². The molecule has 0 aliphatic carbocycles. The van der Waals surface area contributed by atoms with E-state index in [2.05, 4.69) is 58.5 Å². The summed E-state index contributed by atoms with van der Waals surface area (Å²) >= 11 is 0. The van der Waals surface area contributed by atoms with Crippen molar-refractivity contribution in [3.63, 3.8) is 0 Å². The minimum atomic E-state index is 0.111. The predicted molar refractivity (Wildman–Crippen MR) is 123 cm³/mol. The van der Waals surface area contributed by atoms with Gasteiger partial charge in [0.2, 0.25) is 0 Å². The number of aryl methyl sites for hydroxylation is 2. The molecule has 0 bridgehead atoms. The van der Waals surface area contributed by atoms with E-state index in [1.807, 2.05) is 30.8 Å². The van der Waals surface area contributed by atoms with E-state index in [-0.39, 0.29) is 5.54 Å². The zero-order chi connectivity index (χ0) is 21.6. The Labute approximate surface area is 181 Å². The summed E-state index contributed by atoms with van der Waals surface area (Å²) in [6.07, 6.45) is 5.85. The molecule has 30 heavy (non-hydrogen) atoms. The van der Waals surface area contributed by atoms with E-state index in [0.717, 1.165) is 41.8 Å². The molecule has 0 aromatic carbocycles. The van der Waals surface area contributed by atoms with Gasteiger partial charge in [0.1, 0.15) is 0 Å². The molecule has 0 unspecified atom stereocenters. The van der Waals surface area contributed by atoms with Crippen molar-refractivity contribution in [2.45, 2.75) is 66.0 Å². The van der Waals surface area contributed by atoms with E-state index in [4.69, 9.17) is 4.99 Å². The van der Waals surface area contributed by atoms with Crippen LogP contribution in [0, 0.1) is 13.8 Å². The second kappa shape index (κ2) is 10.1. The van der Waals surface area contributed by atoms with Crippen molar-refractivity contribution in [2.75, 3.05) is 26.2 Å². The van der Waals surface area contributed by atoms with Crippen LogP contribution in [0.5, 0.6) is 0 Å². The van der Waals surface area contributed by atoms with Crippen molar-refractivity contribution in [1.82, 2.24) is 30.3 Å². The zero-order valence-corrected chi connectivity index (χ0v) is 19.2. The van der Waals surface area contributed by atoms with Crippen LogP contribution in [-0.2, 0) is 6.54 Å². The maximum absolute atomic E-state index is 4.77. The quantitative estimate of drug-likeness (QED) is 0.541. The molecule has 0 radical (unpaired) electrons. The number of likely N-dealkylation sites (tertiary alicyclic amines) is 1. The summed E-state index contributed by atoms with van der Waals surface area (Å²) in [4.78, 5) is 11.9. The summed E-state index contributed by atoms with van der Waals surface area (Å²) < 4.78 is 1.87. The Hall–Kier alpha value is -2.41. The van der Waals surface area contributed by atoms with Crippen LogP contribution in [0.1, 0.15) is 57.0 Å². The third-order valence-corrected chi connectivity index (χ3v) is 5.70. The van der Waals surface area contributed by atoms with Gasteiger partial charge >= 0.3 is 0 Å². The molecule has 2 aromatic rings. The predicted octanol–water partition coefficient (Wildman–Crippen LogP) is 3.20. The number of guanidine groups is 1. The summed E-state index contributed by atoms with van der Waals surface area (Å²) in [6.45, 7) is 15.4. The molecule has 3 heterocycles. The van der Waals surface area contributed by atoms with Gasteiger partial charge in [-0.1, -0.05) is 12.5 Å². The topological polar surface area (TPSA) is 70.4 Å². The molecule has 0 saturated carbocycles. The molecule has 0 spiro atoms. The molecular weight excluding hydrogens is 374 g/mol. The fourth-order valence-corrected chi connectivity index (χ4v) is 3.92. The van der Waals surface area contributed by atoms with Gasteiger partial charge in [-0.25, -0.2) is 14.7 Å². The van der Waals surface area contributed by atoms with Gasteiger partial charge in [-0.2, -0.15) is 5.10 Å². The van der Waals surface area contributed by atoms with E-state index in [1.165, 1.54) is 32.4 Å². The fraction of sp³-hybridized carbons (Fsp3) is 0.609. The Morgan fingerprint density at radius 3 is 2.50 bits per heavy atom. The van der Waals surface area contributed by atoms with E-state index in [1.54, 1.807) is 0 Å². The monoisotopic (exact) mass is 411 g/mol. The molecule has 0 atom stereocenters. The molecule has 0 amide bonds. The van der Waals surface area contributed by atoms with Crippen molar-refractivity contribution >= 4 is 5.96 Å². The maximum Gasteiger partial charge on any atom is 0.191 e. The first-order valence-electron chi connectivity index (χ1n) is 11.1. The van der Waals surface area contributed by atoms with E-state index < -0.39 is 0 Å². The highest BCUT2D eigenvalue weighted by Crippen LogP contribution is 2.19. The van der Waals surface area contributed by atoms with Gasteiger partial charge in [0.25, 0.3) is 0 Å². The number of hydrogen-bond acceptors (Lipinski definition) is 4. The first-order chi connectivity index (χ1) is 14.4. The first-order valence-corrected chi connectivity index (χ1v) is 11.1. The van der Waals surface area contributed by atoms with Crippen molar-refractivity contribution in [1.29, 1.82) is 0 Å². The van der Waals surface area contributed by atoms with Crippen molar-refractivity contribution in [3.8, 4) is 5.82 Å². The molecule has 1 aliphatic rings. The first kappa shape index (κ1) is 22.3. The number of pyridine rings is 1. The fourth-order valence-electron chi connectivity index (χ4n) is 3.92. The number of nitrogens with one attached hydrogen (secondary N) is 2. The van der Waals surface area contributed by atoms with Crippen LogP contribution in [0.3, 0.4) is 0 Å². The highest BCUT2D eigenvalue weighted by atomic mass is 15.3. The molecule has 2 N–H and O–H groups in total. The number of aliphatic imine (C=N–C) groups is 1. The number of hydrogen-bond donors (Lipinski definition) is 2. The maximum atomic E-state index is 4.77. The summed E-state index contributed by atoms with van der Waals surface area (Å²) in [5.41, 5.74) is 3.27. The van der Waals surface area contributed by atoms with E-state index in [0.29, 0.717) is 6.54 Å². The minimum absolute atomic E-state index is 0.111. The average Bonchev–Trinajstić information content (AvgIpc) is 3.09. The lowest BCUT2D eigenvalue weighted by Gasteiger charge is -2.41. The number of nitrogens with zero attached hydrogens (tertiary/aromatic N) is 5. The number of rotatable bonds is 7. The largest absolute Gasteiger partial charge is 0.357 e. The number of piperidine rings is 1. The minimum Gasteiger partial charge on any atom is -0.357 e. The van der Waals surface area contributed by atoms with Crippen molar-refractivity contribution in [3.05, 3.63) is 41.3 Å². The molecule has 1 fully saturated rings. The van der Waals surface area contributed by atoms with Gasteiger partial charge < -0.3 is 10.6 Å². The third-order valence-electron chi connectivity index (χ3n) is 5.70. The summed E-state index contributed by atoms with van der Waals surface area (Å²) in [6, 6.07) is 6.13. The Morgan fingerprint density at radius 1 is 1.13 bits per heavy atom. The Bertz CT molecular complexity index is 830. The normalized spacial score (nSPS) is 16.0. The molecule has 1 saturated heterocycles. The van der Waals surface area contributed by atoms with Crippen LogP contribution in [0.15, 0.2) is 29.4 Å². The van der Waals surface area contributed by atoms with Gasteiger partial charge in [-0.3, -0.25) is 4.90 Å². The number of aromatic nitrogens is 3. The van der Waals surface area contributed by atoms with Crippen LogP contribution >= 0.6 is 0 Å². The smallest absolute Gasteiger partial charge is 0.191 e. The van der Waals surface area contributed by atoms with Gasteiger partial charge in [-0.15, -0.1) is 0 Å².